The maximum atomic E-state index is 11.9. The zero-order valence-electron chi connectivity index (χ0n) is 10.4. The van der Waals surface area contributed by atoms with Crippen molar-refractivity contribution < 1.29 is 4.79 Å². The van der Waals surface area contributed by atoms with Gasteiger partial charge in [0, 0.05) is 23.9 Å². The fourth-order valence-corrected chi connectivity index (χ4v) is 2.28. The summed E-state index contributed by atoms with van der Waals surface area (Å²) in [5.41, 5.74) is 1.71. The average molecular weight is 232 g/mol. The highest BCUT2D eigenvalue weighted by Crippen LogP contribution is 2.19. The number of carbonyl (C=O) groups is 1. The van der Waals surface area contributed by atoms with Crippen molar-refractivity contribution in [3.05, 3.63) is 29.6 Å². The molecule has 1 aromatic heterocycles. The molecular formula is C14H20N2O. The summed E-state index contributed by atoms with van der Waals surface area (Å²) in [6.45, 7) is 4.14. The summed E-state index contributed by atoms with van der Waals surface area (Å²) >= 11 is 0. The zero-order chi connectivity index (χ0) is 12.1. The highest BCUT2D eigenvalue weighted by atomic mass is 16.1. The molecule has 1 aromatic rings. The molecule has 0 saturated carbocycles. The number of ketones is 1. The van der Waals surface area contributed by atoms with Gasteiger partial charge in [-0.15, -0.1) is 0 Å². The Bertz CT molecular complexity index is 366. The average Bonchev–Trinajstić information content (AvgIpc) is 2.38. The molecule has 0 bridgehead atoms. The van der Waals surface area contributed by atoms with Gasteiger partial charge < -0.3 is 5.32 Å². The van der Waals surface area contributed by atoms with Crippen molar-refractivity contribution in [3.63, 3.8) is 0 Å². The molecule has 0 spiro atoms. The van der Waals surface area contributed by atoms with E-state index in [4.69, 9.17) is 0 Å². The Balaban J connectivity index is 1.82. The lowest BCUT2D eigenvalue weighted by Gasteiger charge is -2.22. The van der Waals surface area contributed by atoms with Crippen molar-refractivity contribution in [1.82, 2.24) is 10.3 Å². The van der Waals surface area contributed by atoms with Crippen LogP contribution in [0.4, 0.5) is 0 Å². The van der Waals surface area contributed by atoms with Crippen LogP contribution in [0.25, 0.3) is 0 Å². The minimum Gasteiger partial charge on any atom is -0.317 e. The van der Waals surface area contributed by atoms with Gasteiger partial charge in [-0.2, -0.15) is 0 Å². The van der Waals surface area contributed by atoms with Crippen LogP contribution in [-0.4, -0.2) is 23.9 Å². The first-order valence-electron chi connectivity index (χ1n) is 6.42. The number of aryl methyl sites for hydroxylation is 1. The van der Waals surface area contributed by atoms with Crippen LogP contribution in [0.2, 0.25) is 0 Å². The topological polar surface area (TPSA) is 42.0 Å². The first-order chi connectivity index (χ1) is 8.25. The van der Waals surface area contributed by atoms with E-state index in [1.54, 1.807) is 6.20 Å². The first kappa shape index (κ1) is 12.2. The lowest BCUT2D eigenvalue weighted by Crippen LogP contribution is -2.28. The molecular weight excluding hydrogens is 212 g/mol. The molecule has 92 valence electrons. The number of hydrogen-bond donors (Lipinski definition) is 1. The van der Waals surface area contributed by atoms with Gasteiger partial charge in [0.25, 0.3) is 0 Å². The highest BCUT2D eigenvalue weighted by Gasteiger charge is 2.15. The van der Waals surface area contributed by atoms with Crippen molar-refractivity contribution in [2.24, 2.45) is 5.92 Å². The van der Waals surface area contributed by atoms with Crippen LogP contribution in [-0.2, 0) is 0 Å². The van der Waals surface area contributed by atoms with Gasteiger partial charge in [-0.3, -0.25) is 9.78 Å². The maximum Gasteiger partial charge on any atom is 0.164 e. The Kier molecular flexibility index (Phi) is 4.26. The third-order valence-electron chi connectivity index (χ3n) is 3.47. The van der Waals surface area contributed by atoms with Crippen molar-refractivity contribution in [2.75, 3.05) is 13.1 Å². The molecule has 2 rings (SSSR count). The third-order valence-corrected chi connectivity index (χ3v) is 3.47. The van der Waals surface area contributed by atoms with Crippen LogP contribution < -0.4 is 5.32 Å². The summed E-state index contributed by atoms with van der Waals surface area (Å²) in [6.07, 6.45) is 5.79. The van der Waals surface area contributed by atoms with Gasteiger partial charge in [-0.05, 0) is 57.3 Å². The predicted octanol–water partition coefficient (Wildman–Crippen LogP) is 2.35. The van der Waals surface area contributed by atoms with Gasteiger partial charge in [0.15, 0.2) is 5.78 Å². The number of Topliss-reactive ketones (excluding diaryl/α,β-unsaturated/α-hetero) is 1. The molecule has 1 saturated heterocycles. The normalized spacial score (nSPS) is 17.0. The Morgan fingerprint density at radius 2 is 2.18 bits per heavy atom. The fourth-order valence-electron chi connectivity index (χ4n) is 2.28. The molecule has 1 aliphatic heterocycles. The second-order valence-electron chi connectivity index (χ2n) is 4.84. The van der Waals surface area contributed by atoms with E-state index in [1.807, 2.05) is 19.1 Å². The van der Waals surface area contributed by atoms with Crippen molar-refractivity contribution in [1.29, 1.82) is 0 Å². The standard InChI is InChI=1S/C14H20N2O/c1-11-2-4-13(10-16-11)14(17)5-3-12-6-8-15-9-7-12/h2,4,10,12,15H,3,5-9H2,1H3. The van der Waals surface area contributed by atoms with Crippen molar-refractivity contribution in [2.45, 2.75) is 32.6 Å². The summed E-state index contributed by atoms with van der Waals surface area (Å²) < 4.78 is 0. The number of carbonyl (C=O) groups excluding carboxylic acids is 1. The summed E-state index contributed by atoms with van der Waals surface area (Å²) in [5, 5.41) is 3.35. The Labute approximate surface area is 103 Å². The lowest BCUT2D eigenvalue weighted by atomic mass is 9.91. The molecule has 1 fully saturated rings. The van der Waals surface area contributed by atoms with Gasteiger partial charge in [0.2, 0.25) is 0 Å². The van der Waals surface area contributed by atoms with E-state index >= 15 is 0 Å². The molecule has 0 aromatic carbocycles. The van der Waals surface area contributed by atoms with Gasteiger partial charge in [-0.1, -0.05) is 0 Å². The molecule has 1 aliphatic rings. The van der Waals surface area contributed by atoms with Gasteiger partial charge in [0.05, 0.1) is 0 Å². The van der Waals surface area contributed by atoms with Gasteiger partial charge in [-0.25, -0.2) is 0 Å². The Morgan fingerprint density at radius 1 is 1.41 bits per heavy atom. The predicted molar refractivity (Wildman–Crippen MR) is 68.1 cm³/mol. The molecule has 0 aliphatic carbocycles. The quantitative estimate of drug-likeness (QED) is 0.810. The van der Waals surface area contributed by atoms with Gasteiger partial charge in [0.1, 0.15) is 0 Å². The second-order valence-corrected chi connectivity index (χ2v) is 4.84. The smallest absolute Gasteiger partial charge is 0.164 e. The third kappa shape index (κ3) is 3.63. The van der Waals surface area contributed by atoms with E-state index in [0.717, 1.165) is 36.7 Å². The minimum atomic E-state index is 0.232. The van der Waals surface area contributed by atoms with Crippen LogP contribution in [0.3, 0.4) is 0 Å². The summed E-state index contributed by atoms with van der Waals surface area (Å²) in [6, 6.07) is 3.78. The van der Waals surface area contributed by atoms with Gasteiger partial charge >= 0.3 is 0 Å². The van der Waals surface area contributed by atoms with Crippen molar-refractivity contribution >= 4 is 5.78 Å². The SMILES string of the molecule is Cc1ccc(C(=O)CCC2CCNCC2)cn1. The molecule has 0 amide bonds. The number of hydrogen-bond acceptors (Lipinski definition) is 3. The first-order valence-corrected chi connectivity index (χ1v) is 6.42. The largest absolute Gasteiger partial charge is 0.317 e. The second kappa shape index (κ2) is 5.92. The summed E-state index contributed by atoms with van der Waals surface area (Å²) in [4.78, 5) is 16.1. The molecule has 3 nitrogen and oxygen atoms in total. The van der Waals surface area contributed by atoms with Crippen LogP contribution in [0.1, 0.15) is 41.7 Å². The van der Waals surface area contributed by atoms with Crippen LogP contribution in [0, 0.1) is 12.8 Å². The van der Waals surface area contributed by atoms with E-state index in [0.29, 0.717) is 6.42 Å². The van der Waals surface area contributed by atoms with E-state index < -0.39 is 0 Å². The summed E-state index contributed by atoms with van der Waals surface area (Å²) in [5.74, 6) is 0.953. The van der Waals surface area contributed by atoms with E-state index in [-0.39, 0.29) is 5.78 Å². The zero-order valence-corrected chi connectivity index (χ0v) is 10.4. The van der Waals surface area contributed by atoms with Crippen LogP contribution in [0.15, 0.2) is 18.3 Å². The van der Waals surface area contributed by atoms with E-state index in [2.05, 4.69) is 10.3 Å². The van der Waals surface area contributed by atoms with Crippen LogP contribution >= 0.6 is 0 Å². The number of nitrogens with one attached hydrogen (secondary N) is 1. The fraction of sp³-hybridized carbons (Fsp3) is 0.571. The van der Waals surface area contributed by atoms with Crippen LogP contribution in [0.5, 0.6) is 0 Å². The molecule has 17 heavy (non-hydrogen) atoms. The molecule has 2 heterocycles. The number of nitrogens with zero attached hydrogens (tertiary/aromatic N) is 1. The molecule has 0 unspecified atom stereocenters. The molecule has 0 radical (unpaired) electrons. The number of pyridine rings is 1. The van der Waals surface area contributed by atoms with E-state index in [1.165, 1.54) is 12.8 Å². The lowest BCUT2D eigenvalue weighted by molar-refractivity contribution is 0.0970. The summed E-state index contributed by atoms with van der Waals surface area (Å²) in [7, 11) is 0. The number of piperidine rings is 1. The molecule has 1 N–H and O–H groups in total. The monoisotopic (exact) mass is 232 g/mol. The Morgan fingerprint density at radius 3 is 2.82 bits per heavy atom. The van der Waals surface area contributed by atoms with Crippen molar-refractivity contribution in [3.8, 4) is 0 Å². The maximum absolute atomic E-state index is 11.9. The minimum absolute atomic E-state index is 0.232. The number of rotatable bonds is 4. The molecule has 3 heteroatoms. The number of aromatic nitrogens is 1. The molecule has 0 atom stereocenters. The highest BCUT2D eigenvalue weighted by molar-refractivity contribution is 5.95. The van der Waals surface area contributed by atoms with E-state index in [9.17, 15) is 4.79 Å². The Hall–Kier alpha value is -1.22.